The Balaban J connectivity index is 1.77. The number of piperidine rings is 1. The molecule has 3 heterocycles. The number of rotatable bonds is 9. The summed E-state index contributed by atoms with van der Waals surface area (Å²) >= 11 is 7.62. The molecule has 0 unspecified atom stereocenters. The molecule has 1 atom stereocenters. The second kappa shape index (κ2) is 13.4. The summed E-state index contributed by atoms with van der Waals surface area (Å²) in [4.78, 5) is 46.5. The lowest BCUT2D eigenvalue weighted by Crippen LogP contribution is -2.40. The molecule has 1 aromatic heterocycles. The molecule has 0 bridgehead atoms. The molecule has 12 heteroatoms. The van der Waals surface area contributed by atoms with Gasteiger partial charge in [0.25, 0.3) is 11.2 Å². The first-order valence-corrected chi connectivity index (χ1v) is 15.9. The number of allylic oxidation sites excluding steroid dienone is 1. The number of carbonyl (C=O) groups is 1. The molecule has 5 rings (SSSR count). The van der Waals surface area contributed by atoms with Crippen molar-refractivity contribution in [3.8, 4) is 5.75 Å². The highest BCUT2D eigenvalue weighted by Crippen LogP contribution is 2.38. The number of hydrogen-bond donors (Lipinski definition) is 0. The number of methoxy groups -OCH3 is 1. The minimum Gasteiger partial charge on any atom is -0.496 e. The van der Waals surface area contributed by atoms with Gasteiger partial charge in [0, 0.05) is 47.1 Å². The number of ether oxygens (including phenoxy) is 2. The van der Waals surface area contributed by atoms with E-state index in [1.54, 1.807) is 37.3 Å². The molecule has 3 aromatic rings. The maximum absolute atomic E-state index is 14.3. The molecule has 2 aliphatic heterocycles. The minimum absolute atomic E-state index is 0.0606. The van der Waals surface area contributed by atoms with Crippen molar-refractivity contribution in [3.63, 3.8) is 0 Å². The maximum Gasteiger partial charge on any atom is 0.338 e. The van der Waals surface area contributed by atoms with E-state index in [1.165, 1.54) is 35.1 Å². The highest BCUT2D eigenvalue weighted by molar-refractivity contribution is 7.07. The van der Waals surface area contributed by atoms with Crippen LogP contribution in [0.1, 0.15) is 63.6 Å². The third kappa shape index (κ3) is 6.16. The number of aromatic nitrogens is 1. The smallest absolute Gasteiger partial charge is 0.338 e. The van der Waals surface area contributed by atoms with E-state index in [4.69, 9.17) is 26.1 Å². The Labute approximate surface area is 264 Å². The van der Waals surface area contributed by atoms with Crippen molar-refractivity contribution in [1.82, 2.24) is 4.57 Å². The fourth-order valence-corrected chi connectivity index (χ4v) is 6.98. The summed E-state index contributed by atoms with van der Waals surface area (Å²) in [6, 6.07) is 8.93. The van der Waals surface area contributed by atoms with Crippen LogP contribution in [-0.4, -0.2) is 42.3 Å². The molecule has 232 valence electrons. The van der Waals surface area contributed by atoms with Gasteiger partial charge in [0.1, 0.15) is 11.8 Å². The van der Waals surface area contributed by atoms with Crippen LogP contribution in [0.25, 0.3) is 6.08 Å². The van der Waals surface area contributed by atoms with Crippen LogP contribution < -0.4 is 24.5 Å². The Bertz CT molecular complexity index is 1810. The van der Waals surface area contributed by atoms with Crippen LogP contribution in [0.15, 0.2) is 57.5 Å². The summed E-state index contributed by atoms with van der Waals surface area (Å²) < 4.78 is 13.0. The first-order chi connectivity index (χ1) is 21.2. The van der Waals surface area contributed by atoms with Gasteiger partial charge in [0.2, 0.25) is 0 Å². The molecule has 0 spiro atoms. The van der Waals surface area contributed by atoms with Crippen molar-refractivity contribution in [2.75, 3.05) is 31.7 Å². The molecular weight excluding hydrogens is 604 g/mol. The Kier molecular flexibility index (Phi) is 9.55. The molecule has 44 heavy (non-hydrogen) atoms. The number of fused-ring (bicyclic) bond motifs is 1. The van der Waals surface area contributed by atoms with Crippen molar-refractivity contribution >= 4 is 46.4 Å². The molecule has 2 aliphatic rings. The predicted octanol–water partition coefficient (Wildman–Crippen LogP) is 5.39. The molecule has 0 saturated carbocycles. The second-order valence-electron chi connectivity index (χ2n) is 11.0. The first kappa shape index (κ1) is 31.5. The van der Waals surface area contributed by atoms with Crippen LogP contribution in [0.5, 0.6) is 5.75 Å². The number of non-ortho nitro benzene ring substituents is 1. The normalized spacial score (nSPS) is 17.3. The molecular formula is C32H35ClN4O6S. The van der Waals surface area contributed by atoms with Crippen LogP contribution in [-0.2, 0) is 9.53 Å². The SMILES string of the molecule is CCCC1=C(C(=O)OCC)[C@@H](c2cc(Cl)ccc2OC)n2c(s/c(=C\c3cc([N+](=O)[O-])ccc3N3CCC(C)CC3)c2=O)=N1. The number of hydrogen-bond acceptors (Lipinski definition) is 9. The average molecular weight is 639 g/mol. The fraction of sp³-hybridized carbons (Fsp3) is 0.406. The van der Waals surface area contributed by atoms with E-state index in [0.717, 1.165) is 31.6 Å². The Morgan fingerprint density at radius 2 is 1.95 bits per heavy atom. The fourth-order valence-electron chi connectivity index (χ4n) is 5.78. The predicted molar refractivity (Wildman–Crippen MR) is 171 cm³/mol. The Morgan fingerprint density at radius 3 is 2.61 bits per heavy atom. The van der Waals surface area contributed by atoms with E-state index in [1.807, 2.05) is 6.92 Å². The molecule has 1 saturated heterocycles. The lowest BCUT2D eigenvalue weighted by Gasteiger charge is -2.33. The molecule has 0 radical (unpaired) electrons. The van der Waals surface area contributed by atoms with E-state index in [-0.39, 0.29) is 23.4 Å². The number of nitro benzene ring substituents is 1. The summed E-state index contributed by atoms with van der Waals surface area (Å²) in [5.41, 5.74) is 2.28. The standard InChI is InChI=1S/C32H35ClN4O6S/c1-5-7-24-28(31(39)43-6-2)29(23-18-21(33)8-11-26(23)42-4)36-30(38)27(44-32(36)34-24)17-20-16-22(37(40)41)9-10-25(20)35-14-12-19(3)13-15-35/h8-11,16-19,29H,5-7,12-15H2,1-4H3/b27-17-/t29-/m1/s1. The maximum atomic E-state index is 14.3. The van der Waals surface area contributed by atoms with E-state index < -0.39 is 16.9 Å². The van der Waals surface area contributed by atoms with Crippen molar-refractivity contribution in [3.05, 3.63) is 93.6 Å². The summed E-state index contributed by atoms with van der Waals surface area (Å²) in [6.07, 6.45) is 4.92. The quantitative estimate of drug-likeness (QED) is 0.175. The zero-order valence-corrected chi connectivity index (χ0v) is 26.7. The van der Waals surface area contributed by atoms with Gasteiger partial charge in [-0.1, -0.05) is 43.2 Å². The number of esters is 1. The monoisotopic (exact) mass is 638 g/mol. The second-order valence-corrected chi connectivity index (χ2v) is 12.4. The molecule has 0 amide bonds. The van der Waals surface area contributed by atoms with Gasteiger partial charge in [-0.3, -0.25) is 19.5 Å². The zero-order valence-electron chi connectivity index (χ0n) is 25.2. The third-order valence-corrected chi connectivity index (χ3v) is 9.23. The molecule has 0 N–H and O–H groups in total. The molecule has 10 nitrogen and oxygen atoms in total. The summed E-state index contributed by atoms with van der Waals surface area (Å²) in [7, 11) is 1.52. The number of nitro groups is 1. The van der Waals surface area contributed by atoms with Crippen molar-refractivity contribution in [1.29, 1.82) is 0 Å². The zero-order chi connectivity index (χ0) is 31.5. The largest absolute Gasteiger partial charge is 0.496 e. The number of carbonyl (C=O) groups excluding carboxylic acids is 1. The van der Waals surface area contributed by atoms with E-state index in [0.29, 0.717) is 55.7 Å². The average Bonchev–Trinajstić information content (AvgIpc) is 3.31. The van der Waals surface area contributed by atoms with E-state index in [2.05, 4.69) is 11.8 Å². The summed E-state index contributed by atoms with van der Waals surface area (Å²) in [6.45, 7) is 7.72. The Morgan fingerprint density at radius 1 is 1.20 bits per heavy atom. The Hall–Kier alpha value is -3.96. The van der Waals surface area contributed by atoms with E-state index >= 15 is 0 Å². The summed E-state index contributed by atoms with van der Waals surface area (Å²) in [5, 5.41) is 12.1. The van der Waals surface area contributed by atoms with Gasteiger partial charge in [-0.05, 0) is 62.4 Å². The topological polar surface area (TPSA) is 116 Å². The van der Waals surface area contributed by atoms with Gasteiger partial charge in [-0.25, -0.2) is 9.79 Å². The van der Waals surface area contributed by atoms with E-state index in [9.17, 15) is 19.7 Å². The number of anilines is 1. The summed E-state index contributed by atoms with van der Waals surface area (Å²) in [5.74, 6) is 0.487. The van der Waals surface area contributed by atoms with Gasteiger partial charge in [0.05, 0.1) is 34.4 Å². The van der Waals surface area contributed by atoms with Crippen LogP contribution >= 0.6 is 22.9 Å². The van der Waals surface area contributed by atoms with Crippen LogP contribution in [0.4, 0.5) is 11.4 Å². The lowest BCUT2D eigenvalue weighted by molar-refractivity contribution is -0.384. The number of thiazole rings is 1. The van der Waals surface area contributed by atoms with Gasteiger partial charge in [-0.2, -0.15) is 0 Å². The van der Waals surface area contributed by atoms with Crippen LogP contribution in [0.3, 0.4) is 0 Å². The number of nitrogens with zero attached hydrogens (tertiary/aromatic N) is 4. The van der Waals surface area contributed by atoms with Gasteiger partial charge in [0.15, 0.2) is 4.80 Å². The number of benzene rings is 2. The van der Waals surface area contributed by atoms with Gasteiger partial charge in [-0.15, -0.1) is 0 Å². The van der Waals surface area contributed by atoms with Crippen LogP contribution in [0, 0.1) is 16.0 Å². The van der Waals surface area contributed by atoms with Crippen LogP contribution in [0.2, 0.25) is 5.02 Å². The van der Waals surface area contributed by atoms with Crippen molar-refractivity contribution < 1.29 is 19.2 Å². The van der Waals surface area contributed by atoms with Crippen molar-refractivity contribution in [2.24, 2.45) is 10.9 Å². The highest BCUT2D eigenvalue weighted by atomic mass is 35.5. The lowest BCUT2D eigenvalue weighted by atomic mass is 9.93. The van der Waals surface area contributed by atoms with Gasteiger partial charge < -0.3 is 14.4 Å². The minimum atomic E-state index is -0.907. The molecule has 0 aliphatic carbocycles. The highest BCUT2D eigenvalue weighted by Gasteiger charge is 2.36. The molecule has 1 fully saturated rings. The third-order valence-electron chi connectivity index (χ3n) is 8.01. The van der Waals surface area contributed by atoms with Crippen molar-refractivity contribution in [2.45, 2.75) is 52.5 Å². The first-order valence-electron chi connectivity index (χ1n) is 14.8. The molecule has 2 aromatic carbocycles. The van der Waals surface area contributed by atoms with Gasteiger partial charge >= 0.3 is 5.97 Å². The number of halogens is 1.